The van der Waals surface area contributed by atoms with Gasteiger partial charge in [0.1, 0.15) is 0 Å². The second-order valence-electron chi connectivity index (χ2n) is 5.25. The molecule has 1 aromatic carbocycles. The number of fused-ring (bicyclic) bond motifs is 1. The van der Waals surface area contributed by atoms with E-state index in [0.29, 0.717) is 17.7 Å². The van der Waals surface area contributed by atoms with Gasteiger partial charge in [-0.2, -0.15) is 5.26 Å². The van der Waals surface area contributed by atoms with E-state index >= 15 is 0 Å². The van der Waals surface area contributed by atoms with Gasteiger partial charge in [0.05, 0.1) is 11.0 Å². The zero-order chi connectivity index (χ0) is 12.8. The second-order valence-corrected chi connectivity index (χ2v) is 7.51. The molecule has 2 aliphatic carbocycles. The molecule has 0 saturated heterocycles. The first kappa shape index (κ1) is 11.7. The van der Waals surface area contributed by atoms with E-state index in [1.807, 2.05) is 12.1 Å². The number of nitriles is 1. The van der Waals surface area contributed by atoms with Crippen molar-refractivity contribution in [3.05, 3.63) is 29.3 Å². The number of sulfone groups is 1. The molecule has 3 rings (SSSR count). The average Bonchev–Trinajstić information content (AvgIpc) is 3.19. The normalized spacial score (nSPS) is 20.8. The van der Waals surface area contributed by atoms with Crippen LogP contribution < -0.4 is 0 Å². The van der Waals surface area contributed by atoms with Crippen LogP contribution in [0.15, 0.2) is 23.1 Å². The monoisotopic (exact) mass is 261 g/mol. The molecule has 3 nitrogen and oxygen atoms in total. The summed E-state index contributed by atoms with van der Waals surface area (Å²) >= 11 is 0. The van der Waals surface area contributed by atoms with Crippen molar-refractivity contribution in [2.24, 2.45) is 0 Å². The van der Waals surface area contributed by atoms with Gasteiger partial charge in [0.15, 0.2) is 14.6 Å². The molecule has 4 heteroatoms. The summed E-state index contributed by atoms with van der Waals surface area (Å²) in [4.78, 5) is 0.335. The fourth-order valence-corrected chi connectivity index (χ4v) is 4.41. The fraction of sp³-hybridized carbons (Fsp3) is 0.500. The Morgan fingerprint density at radius 1 is 1.11 bits per heavy atom. The van der Waals surface area contributed by atoms with Crippen LogP contribution in [0, 0.1) is 11.3 Å². The summed E-state index contributed by atoms with van der Waals surface area (Å²) in [6.07, 6.45) is 5.25. The Morgan fingerprint density at radius 2 is 1.78 bits per heavy atom. The third kappa shape index (κ3) is 1.58. The lowest BCUT2D eigenvalue weighted by molar-refractivity contribution is 0.587. The lowest BCUT2D eigenvalue weighted by atomic mass is 9.92. The number of rotatable bonds is 2. The standard InChI is InChI=1S/C14H15NO2S/c15-10-14(7-8-14)18(16,17)13-6-5-11-3-1-2-4-12(11)9-13/h5-6,9H,1-4,7-8H2. The van der Waals surface area contributed by atoms with E-state index in [4.69, 9.17) is 5.26 Å². The van der Waals surface area contributed by atoms with E-state index in [-0.39, 0.29) is 0 Å². The highest BCUT2D eigenvalue weighted by Crippen LogP contribution is 2.46. The van der Waals surface area contributed by atoms with Crippen molar-refractivity contribution in [3.8, 4) is 6.07 Å². The third-order valence-electron chi connectivity index (χ3n) is 4.05. The first-order valence-corrected chi connectivity index (χ1v) is 7.85. The summed E-state index contributed by atoms with van der Waals surface area (Å²) in [6, 6.07) is 7.38. The van der Waals surface area contributed by atoms with E-state index in [2.05, 4.69) is 0 Å². The molecule has 0 heterocycles. The molecule has 1 saturated carbocycles. The summed E-state index contributed by atoms with van der Waals surface area (Å²) in [5, 5.41) is 9.06. The highest BCUT2D eigenvalue weighted by molar-refractivity contribution is 7.93. The number of aryl methyl sites for hydroxylation is 2. The van der Waals surface area contributed by atoms with Gasteiger partial charge in [0.2, 0.25) is 0 Å². The molecular formula is C14H15NO2S. The van der Waals surface area contributed by atoms with Crippen molar-refractivity contribution in [3.63, 3.8) is 0 Å². The molecular weight excluding hydrogens is 246 g/mol. The minimum Gasteiger partial charge on any atom is -0.222 e. The SMILES string of the molecule is N#CC1(S(=O)(=O)c2ccc3c(c2)CCCC3)CC1. The Morgan fingerprint density at radius 3 is 2.39 bits per heavy atom. The van der Waals surface area contributed by atoms with Crippen LogP contribution in [0.2, 0.25) is 0 Å². The predicted octanol–water partition coefficient (Wildman–Crippen LogP) is 2.40. The van der Waals surface area contributed by atoms with E-state index in [1.165, 1.54) is 12.0 Å². The lowest BCUT2D eigenvalue weighted by Crippen LogP contribution is -2.21. The highest BCUT2D eigenvalue weighted by atomic mass is 32.2. The zero-order valence-corrected chi connectivity index (χ0v) is 11.0. The summed E-state index contributed by atoms with van der Waals surface area (Å²) in [7, 11) is -3.47. The van der Waals surface area contributed by atoms with Gasteiger partial charge in [-0.1, -0.05) is 6.07 Å². The summed E-state index contributed by atoms with van der Waals surface area (Å²) in [5.74, 6) is 0. The predicted molar refractivity (Wildman–Crippen MR) is 67.8 cm³/mol. The molecule has 2 aliphatic rings. The summed E-state index contributed by atoms with van der Waals surface area (Å²) in [5.41, 5.74) is 2.41. The van der Waals surface area contributed by atoms with Crippen molar-refractivity contribution in [2.45, 2.75) is 48.2 Å². The average molecular weight is 261 g/mol. The topological polar surface area (TPSA) is 57.9 Å². The Kier molecular flexibility index (Phi) is 2.49. The lowest BCUT2D eigenvalue weighted by Gasteiger charge is -2.17. The zero-order valence-electron chi connectivity index (χ0n) is 10.1. The Labute approximate surface area is 107 Å². The molecule has 1 aromatic rings. The van der Waals surface area contributed by atoms with E-state index < -0.39 is 14.6 Å². The molecule has 0 spiro atoms. The van der Waals surface area contributed by atoms with Gasteiger partial charge in [-0.3, -0.25) is 0 Å². The van der Waals surface area contributed by atoms with Crippen LogP contribution in [0.3, 0.4) is 0 Å². The first-order valence-electron chi connectivity index (χ1n) is 6.37. The number of benzene rings is 1. The number of hydrogen-bond acceptors (Lipinski definition) is 3. The Hall–Kier alpha value is -1.34. The van der Waals surface area contributed by atoms with Crippen molar-refractivity contribution >= 4 is 9.84 Å². The van der Waals surface area contributed by atoms with Gasteiger partial charge in [0.25, 0.3) is 0 Å². The maximum Gasteiger partial charge on any atom is 0.197 e. The van der Waals surface area contributed by atoms with Gasteiger partial charge in [0, 0.05) is 0 Å². The van der Waals surface area contributed by atoms with Crippen molar-refractivity contribution < 1.29 is 8.42 Å². The Bertz CT molecular complexity index is 636. The van der Waals surface area contributed by atoms with E-state index in [0.717, 1.165) is 24.8 Å². The maximum absolute atomic E-state index is 12.4. The molecule has 0 amide bonds. The quantitative estimate of drug-likeness (QED) is 0.821. The van der Waals surface area contributed by atoms with Crippen LogP contribution in [-0.4, -0.2) is 13.2 Å². The molecule has 0 aromatic heterocycles. The van der Waals surface area contributed by atoms with Crippen LogP contribution in [-0.2, 0) is 22.7 Å². The molecule has 0 atom stereocenters. The number of hydrogen-bond donors (Lipinski definition) is 0. The number of nitrogens with zero attached hydrogens (tertiary/aromatic N) is 1. The van der Waals surface area contributed by atoms with Gasteiger partial charge >= 0.3 is 0 Å². The van der Waals surface area contributed by atoms with Crippen LogP contribution in [0.4, 0.5) is 0 Å². The second kappa shape index (κ2) is 3.83. The van der Waals surface area contributed by atoms with Crippen molar-refractivity contribution in [2.75, 3.05) is 0 Å². The van der Waals surface area contributed by atoms with Crippen LogP contribution >= 0.6 is 0 Å². The molecule has 0 radical (unpaired) electrons. The van der Waals surface area contributed by atoms with Crippen LogP contribution in [0.5, 0.6) is 0 Å². The molecule has 18 heavy (non-hydrogen) atoms. The van der Waals surface area contributed by atoms with Crippen molar-refractivity contribution in [1.29, 1.82) is 5.26 Å². The van der Waals surface area contributed by atoms with Gasteiger partial charge in [-0.15, -0.1) is 0 Å². The smallest absolute Gasteiger partial charge is 0.197 e. The molecule has 1 fully saturated rings. The summed E-state index contributed by atoms with van der Waals surface area (Å²) < 4.78 is 23.7. The maximum atomic E-state index is 12.4. The van der Waals surface area contributed by atoms with Crippen molar-refractivity contribution in [1.82, 2.24) is 0 Å². The van der Waals surface area contributed by atoms with E-state index in [9.17, 15) is 8.42 Å². The minimum absolute atomic E-state index is 0.335. The summed E-state index contributed by atoms with van der Waals surface area (Å²) in [6.45, 7) is 0. The third-order valence-corrected chi connectivity index (χ3v) is 6.46. The van der Waals surface area contributed by atoms with Crippen LogP contribution in [0.1, 0.15) is 36.8 Å². The van der Waals surface area contributed by atoms with Gasteiger partial charge in [-0.25, -0.2) is 8.42 Å². The van der Waals surface area contributed by atoms with Gasteiger partial charge in [-0.05, 0) is 61.8 Å². The fourth-order valence-electron chi connectivity index (χ4n) is 2.66. The molecule has 0 bridgehead atoms. The minimum atomic E-state index is -3.47. The van der Waals surface area contributed by atoms with E-state index in [1.54, 1.807) is 12.1 Å². The largest absolute Gasteiger partial charge is 0.222 e. The molecule has 0 aliphatic heterocycles. The molecule has 0 N–H and O–H groups in total. The van der Waals surface area contributed by atoms with Gasteiger partial charge < -0.3 is 0 Å². The van der Waals surface area contributed by atoms with Crippen LogP contribution in [0.25, 0.3) is 0 Å². The Balaban J connectivity index is 2.06. The molecule has 94 valence electrons. The first-order chi connectivity index (χ1) is 8.59. The highest BCUT2D eigenvalue weighted by Gasteiger charge is 2.56. The molecule has 0 unspecified atom stereocenters.